The van der Waals surface area contributed by atoms with Gasteiger partial charge in [0, 0.05) is 58.1 Å². The summed E-state index contributed by atoms with van der Waals surface area (Å²) in [5.74, 6) is 2.13. The van der Waals surface area contributed by atoms with Gasteiger partial charge in [-0.05, 0) is 37.2 Å². The lowest BCUT2D eigenvalue weighted by Gasteiger charge is -2.32. The molecule has 0 radical (unpaired) electrons. The highest BCUT2D eigenvalue weighted by Gasteiger charge is 2.13. The number of hydrogen-bond acceptors (Lipinski definition) is 5. The van der Waals surface area contributed by atoms with Crippen LogP contribution in [0.2, 0.25) is 0 Å². The number of guanidine groups is 1. The molecule has 0 aromatic heterocycles. The minimum absolute atomic E-state index is 0.598. The van der Waals surface area contributed by atoms with E-state index in [0.29, 0.717) is 24.9 Å². The zero-order chi connectivity index (χ0) is 22.1. The molecule has 1 aliphatic heterocycles. The quantitative estimate of drug-likeness (QED) is 0.501. The summed E-state index contributed by atoms with van der Waals surface area (Å²) in [4.78, 5) is 9.23. The standard InChI is InChI=1S/C24H35N5O2/c1-5-31-22-11-10-21(16-23(22)30-4)27-24(25-2)26-17-19-6-8-20(9-7-19)18-29-14-12-28(3)13-15-29/h6-11,16H,5,12-15,17-18H2,1-4H3,(H2,25,26,27). The predicted octanol–water partition coefficient (Wildman–Crippen LogP) is 3.03. The van der Waals surface area contributed by atoms with Crippen LogP contribution in [0.15, 0.2) is 47.5 Å². The van der Waals surface area contributed by atoms with Crippen molar-refractivity contribution in [1.82, 2.24) is 15.1 Å². The SMILES string of the molecule is CCOc1ccc(NC(=NC)NCc2ccc(CN3CCN(C)CC3)cc2)cc1OC. The highest BCUT2D eigenvalue weighted by molar-refractivity contribution is 5.93. The van der Waals surface area contributed by atoms with E-state index in [9.17, 15) is 0 Å². The van der Waals surface area contributed by atoms with Crippen LogP contribution in [-0.2, 0) is 13.1 Å². The van der Waals surface area contributed by atoms with Crippen LogP contribution in [-0.4, -0.2) is 69.8 Å². The van der Waals surface area contributed by atoms with Gasteiger partial charge in [-0.15, -0.1) is 0 Å². The number of piperazine rings is 1. The van der Waals surface area contributed by atoms with E-state index < -0.39 is 0 Å². The van der Waals surface area contributed by atoms with Gasteiger partial charge in [-0.2, -0.15) is 0 Å². The van der Waals surface area contributed by atoms with E-state index in [1.54, 1.807) is 14.2 Å². The lowest BCUT2D eigenvalue weighted by Crippen LogP contribution is -2.43. The maximum Gasteiger partial charge on any atom is 0.195 e. The molecule has 0 aliphatic carbocycles. The minimum atomic E-state index is 0.598. The number of nitrogens with one attached hydrogen (secondary N) is 2. The average molecular weight is 426 g/mol. The Hall–Kier alpha value is -2.77. The molecule has 168 valence electrons. The number of nitrogens with zero attached hydrogens (tertiary/aromatic N) is 3. The van der Waals surface area contributed by atoms with E-state index in [0.717, 1.165) is 44.2 Å². The van der Waals surface area contributed by atoms with Crippen molar-refractivity contribution in [3.05, 3.63) is 53.6 Å². The smallest absolute Gasteiger partial charge is 0.195 e. The maximum atomic E-state index is 5.58. The highest BCUT2D eigenvalue weighted by Crippen LogP contribution is 2.30. The molecule has 1 heterocycles. The number of rotatable bonds is 8. The summed E-state index contributed by atoms with van der Waals surface area (Å²) in [7, 11) is 5.59. The second-order valence-electron chi connectivity index (χ2n) is 7.75. The number of likely N-dealkylation sites (N-methyl/N-ethyl adjacent to an activating group) is 1. The van der Waals surface area contributed by atoms with Gasteiger partial charge in [-0.3, -0.25) is 9.89 Å². The second kappa shape index (κ2) is 11.6. The fraction of sp³-hybridized carbons (Fsp3) is 0.458. The van der Waals surface area contributed by atoms with Crippen LogP contribution >= 0.6 is 0 Å². The normalized spacial score (nSPS) is 15.5. The average Bonchev–Trinajstić information content (AvgIpc) is 2.80. The Balaban J connectivity index is 1.51. The molecule has 0 unspecified atom stereocenters. The molecule has 0 saturated carbocycles. The molecule has 1 saturated heterocycles. The van der Waals surface area contributed by atoms with Gasteiger partial charge >= 0.3 is 0 Å². The minimum Gasteiger partial charge on any atom is -0.493 e. The van der Waals surface area contributed by atoms with Crippen molar-refractivity contribution in [3.8, 4) is 11.5 Å². The Morgan fingerprint density at radius 1 is 1.00 bits per heavy atom. The fourth-order valence-corrected chi connectivity index (χ4v) is 3.55. The predicted molar refractivity (Wildman–Crippen MR) is 127 cm³/mol. The van der Waals surface area contributed by atoms with Gasteiger partial charge in [0.2, 0.25) is 0 Å². The van der Waals surface area contributed by atoms with Crippen LogP contribution in [0.25, 0.3) is 0 Å². The molecule has 7 heteroatoms. The van der Waals surface area contributed by atoms with Gasteiger partial charge in [0.1, 0.15) is 0 Å². The molecule has 2 aromatic rings. The molecule has 1 fully saturated rings. The molecule has 0 bridgehead atoms. The number of benzene rings is 2. The lowest BCUT2D eigenvalue weighted by molar-refractivity contribution is 0.148. The van der Waals surface area contributed by atoms with Crippen LogP contribution in [0.5, 0.6) is 11.5 Å². The van der Waals surface area contributed by atoms with E-state index >= 15 is 0 Å². The van der Waals surface area contributed by atoms with Gasteiger partial charge in [0.25, 0.3) is 0 Å². The molecule has 3 rings (SSSR count). The number of anilines is 1. The van der Waals surface area contributed by atoms with E-state index in [2.05, 4.69) is 56.7 Å². The molecule has 31 heavy (non-hydrogen) atoms. The Labute approximate surface area is 186 Å². The zero-order valence-corrected chi connectivity index (χ0v) is 19.1. The summed E-state index contributed by atoms with van der Waals surface area (Å²) in [5.41, 5.74) is 3.46. The van der Waals surface area contributed by atoms with E-state index in [1.807, 2.05) is 25.1 Å². The zero-order valence-electron chi connectivity index (χ0n) is 19.1. The third-order valence-corrected chi connectivity index (χ3v) is 5.43. The van der Waals surface area contributed by atoms with Gasteiger partial charge in [-0.25, -0.2) is 0 Å². The number of ether oxygens (including phenoxy) is 2. The Morgan fingerprint density at radius 3 is 2.35 bits per heavy atom. The molecule has 0 atom stereocenters. The first-order valence-corrected chi connectivity index (χ1v) is 10.9. The molecule has 0 spiro atoms. The van der Waals surface area contributed by atoms with E-state index in [-0.39, 0.29) is 0 Å². The molecule has 2 N–H and O–H groups in total. The summed E-state index contributed by atoms with van der Waals surface area (Å²) in [6.45, 7) is 8.84. The third kappa shape index (κ3) is 6.87. The van der Waals surface area contributed by atoms with Crippen molar-refractivity contribution in [1.29, 1.82) is 0 Å². The van der Waals surface area contributed by atoms with Crippen LogP contribution in [0, 0.1) is 0 Å². The lowest BCUT2D eigenvalue weighted by atomic mass is 10.1. The Bertz CT molecular complexity index is 846. The third-order valence-electron chi connectivity index (χ3n) is 5.43. The first-order valence-electron chi connectivity index (χ1n) is 10.9. The van der Waals surface area contributed by atoms with Crippen molar-refractivity contribution < 1.29 is 9.47 Å². The molecule has 1 aliphatic rings. The second-order valence-corrected chi connectivity index (χ2v) is 7.75. The molecule has 2 aromatic carbocycles. The molecular weight excluding hydrogens is 390 g/mol. The number of aliphatic imine (C=N–C) groups is 1. The summed E-state index contributed by atoms with van der Waals surface area (Å²) in [6, 6.07) is 14.6. The van der Waals surface area contributed by atoms with Gasteiger partial charge in [0.15, 0.2) is 17.5 Å². The van der Waals surface area contributed by atoms with Gasteiger partial charge in [-0.1, -0.05) is 24.3 Å². The summed E-state index contributed by atoms with van der Waals surface area (Å²) in [6.07, 6.45) is 0. The monoisotopic (exact) mass is 425 g/mol. The van der Waals surface area contributed by atoms with Crippen LogP contribution in [0.3, 0.4) is 0 Å². The van der Waals surface area contributed by atoms with E-state index in [1.165, 1.54) is 11.1 Å². The fourth-order valence-electron chi connectivity index (χ4n) is 3.55. The van der Waals surface area contributed by atoms with Crippen molar-refractivity contribution in [2.45, 2.75) is 20.0 Å². The maximum absolute atomic E-state index is 5.58. The molecular formula is C24H35N5O2. The summed E-state index contributed by atoms with van der Waals surface area (Å²) < 4.78 is 11.0. The van der Waals surface area contributed by atoms with E-state index in [4.69, 9.17) is 9.47 Å². The van der Waals surface area contributed by atoms with Crippen molar-refractivity contribution in [2.75, 3.05) is 59.3 Å². The Morgan fingerprint density at radius 2 is 1.71 bits per heavy atom. The van der Waals surface area contributed by atoms with Crippen molar-refractivity contribution in [2.24, 2.45) is 4.99 Å². The van der Waals surface area contributed by atoms with Crippen LogP contribution in [0.4, 0.5) is 5.69 Å². The van der Waals surface area contributed by atoms with Gasteiger partial charge < -0.3 is 25.0 Å². The molecule has 0 amide bonds. The Kier molecular flexibility index (Phi) is 8.55. The van der Waals surface area contributed by atoms with Crippen LogP contribution < -0.4 is 20.1 Å². The topological polar surface area (TPSA) is 61.4 Å². The first-order chi connectivity index (χ1) is 15.1. The first kappa shape index (κ1) is 22.9. The summed E-state index contributed by atoms with van der Waals surface area (Å²) >= 11 is 0. The summed E-state index contributed by atoms with van der Waals surface area (Å²) in [5, 5.41) is 6.67. The number of hydrogen-bond donors (Lipinski definition) is 2. The van der Waals surface area contributed by atoms with Crippen LogP contribution in [0.1, 0.15) is 18.1 Å². The number of methoxy groups -OCH3 is 1. The molecule has 7 nitrogen and oxygen atoms in total. The van der Waals surface area contributed by atoms with Crippen molar-refractivity contribution in [3.63, 3.8) is 0 Å². The van der Waals surface area contributed by atoms with Crippen molar-refractivity contribution >= 4 is 11.6 Å². The largest absolute Gasteiger partial charge is 0.493 e. The highest BCUT2D eigenvalue weighted by atomic mass is 16.5. The van der Waals surface area contributed by atoms with Gasteiger partial charge in [0.05, 0.1) is 13.7 Å².